The summed E-state index contributed by atoms with van der Waals surface area (Å²) in [5, 5.41) is 0. The van der Waals surface area contributed by atoms with Crippen LogP contribution < -0.4 is 29.8 Å². The Morgan fingerprint density at radius 3 is 1.96 bits per heavy atom. The smallest absolute Gasteiger partial charge is 0.203 e. The monoisotopic (exact) mass is 344 g/mol. The molecule has 1 heterocycles. The van der Waals surface area contributed by atoms with Crippen LogP contribution >= 0.6 is 0 Å². The average molecular weight is 344 g/mol. The number of hydrogen-bond acceptors (Lipinski definition) is 6. The Bertz CT molecular complexity index is 693. The maximum Gasteiger partial charge on any atom is 0.203 e. The lowest BCUT2D eigenvalue weighted by atomic mass is 9.88. The molecule has 0 aromatic heterocycles. The lowest BCUT2D eigenvalue weighted by Crippen LogP contribution is -2.24. The van der Waals surface area contributed by atoms with Crippen molar-refractivity contribution in [1.29, 1.82) is 0 Å². The molecule has 0 saturated carbocycles. The van der Waals surface area contributed by atoms with Gasteiger partial charge < -0.3 is 18.9 Å². The van der Waals surface area contributed by atoms with E-state index in [0.29, 0.717) is 17.2 Å². The number of ether oxygens (including phenoxy) is 4. The van der Waals surface area contributed by atoms with E-state index < -0.39 is 0 Å². The third-order valence-corrected chi connectivity index (χ3v) is 4.57. The second-order valence-electron chi connectivity index (χ2n) is 5.84. The molecule has 25 heavy (non-hydrogen) atoms. The van der Waals surface area contributed by atoms with Gasteiger partial charge in [0.25, 0.3) is 0 Å². The first kappa shape index (κ1) is 17.4. The van der Waals surface area contributed by atoms with Gasteiger partial charge in [-0.2, -0.15) is 0 Å². The quantitative estimate of drug-likeness (QED) is 0.840. The number of methoxy groups -OCH3 is 4. The molecule has 2 aromatic rings. The molecule has 0 bridgehead atoms. The molecular weight excluding hydrogens is 320 g/mol. The molecule has 6 nitrogen and oxygen atoms in total. The minimum Gasteiger partial charge on any atom is -0.497 e. The Kier molecular flexibility index (Phi) is 5.31. The number of hydrazine groups is 1. The second kappa shape index (κ2) is 7.63. The van der Waals surface area contributed by atoms with Gasteiger partial charge in [0.15, 0.2) is 11.5 Å². The highest BCUT2D eigenvalue weighted by molar-refractivity contribution is 5.55. The SMILES string of the molecule is COc1ccc(C2NNCC2c2cc(OC)c(OC)c(OC)c2)cc1. The Balaban J connectivity index is 1.96. The molecule has 2 N–H and O–H groups in total. The predicted molar refractivity (Wildman–Crippen MR) is 95.7 cm³/mol. The van der Waals surface area contributed by atoms with E-state index >= 15 is 0 Å². The third kappa shape index (κ3) is 3.36. The van der Waals surface area contributed by atoms with Gasteiger partial charge in [-0.1, -0.05) is 12.1 Å². The Morgan fingerprint density at radius 2 is 1.44 bits per heavy atom. The Hall–Kier alpha value is -2.44. The number of hydrogen-bond donors (Lipinski definition) is 2. The van der Waals surface area contributed by atoms with E-state index in [9.17, 15) is 0 Å². The molecule has 6 heteroatoms. The lowest BCUT2D eigenvalue weighted by molar-refractivity contribution is 0.323. The van der Waals surface area contributed by atoms with Crippen molar-refractivity contribution in [3.8, 4) is 23.0 Å². The zero-order valence-electron chi connectivity index (χ0n) is 15.0. The summed E-state index contributed by atoms with van der Waals surface area (Å²) in [6.07, 6.45) is 0. The fourth-order valence-electron chi connectivity index (χ4n) is 3.25. The first-order valence-corrected chi connectivity index (χ1v) is 8.14. The van der Waals surface area contributed by atoms with E-state index in [1.807, 2.05) is 24.3 Å². The van der Waals surface area contributed by atoms with Crippen LogP contribution in [0.4, 0.5) is 0 Å². The molecule has 1 aliphatic heterocycles. The summed E-state index contributed by atoms with van der Waals surface area (Å²) in [6, 6.07) is 12.3. The molecule has 1 fully saturated rings. The van der Waals surface area contributed by atoms with Crippen molar-refractivity contribution in [3.63, 3.8) is 0 Å². The molecule has 1 saturated heterocycles. The van der Waals surface area contributed by atoms with Crippen LogP contribution in [0, 0.1) is 0 Å². The fraction of sp³-hybridized carbons (Fsp3) is 0.368. The van der Waals surface area contributed by atoms with Gasteiger partial charge in [-0.15, -0.1) is 0 Å². The number of nitrogens with one attached hydrogen (secondary N) is 2. The molecule has 2 unspecified atom stereocenters. The highest BCUT2D eigenvalue weighted by Crippen LogP contribution is 2.43. The molecular formula is C19H24N2O4. The van der Waals surface area contributed by atoms with Crippen molar-refractivity contribution in [3.05, 3.63) is 47.5 Å². The third-order valence-electron chi connectivity index (χ3n) is 4.57. The largest absolute Gasteiger partial charge is 0.497 e. The summed E-state index contributed by atoms with van der Waals surface area (Å²) in [7, 11) is 6.54. The van der Waals surface area contributed by atoms with Gasteiger partial charge in [0.05, 0.1) is 34.5 Å². The van der Waals surface area contributed by atoms with Gasteiger partial charge in [0, 0.05) is 12.5 Å². The highest BCUT2D eigenvalue weighted by atomic mass is 16.5. The summed E-state index contributed by atoms with van der Waals surface area (Å²) in [6.45, 7) is 0.801. The van der Waals surface area contributed by atoms with Crippen molar-refractivity contribution < 1.29 is 18.9 Å². The van der Waals surface area contributed by atoms with Gasteiger partial charge in [0.2, 0.25) is 5.75 Å². The second-order valence-corrected chi connectivity index (χ2v) is 5.84. The van der Waals surface area contributed by atoms with Gasteiger partial charge in [0.1, 0.15) is 5.75 Å². The Labute approximate surface area is 148 Å². The van der Waals surface area contributed by atoms with Crippen molar-refractivity contribution in [2.45, 2.75) is 12.0 Å². The number of benzene rings is 2. The van der Waals surface area contributed by atoms with Crippen molar-refractivity contribution in [2.24, 2.45) is 0 Å². The minimum absolute atomic E-state index is 0.133. The summed E-state index contributed by atoms with van der Waals surface area (Å²) >= 11 is 0. The molecule has 134 valence electrons. The van der Waals surface area contributed by atoms with Crippen molar-refractivity contribution in [2.75, 3.05) is 35.0 Å². The molecule has 2 aromatic carbocycles. The predicted octanol–water partition coefficient (Wildman–Crippen LogP) is 2.65. The van der Waals surface area contributed by atoms with E-state index in [-0.39, 0.29) is 12.0 Å². The van der Waals surface area contributed by atoms with E-state index in [1.165, 1.54) is 5.56 Å². The summed E-state index contributed by atoms with van der Waals surface area (Å²) in [5.41, 5.74) is 8.92. The van der Waals surface area contributed by atoms with Crippen molar-refractivity contribution in [1.82, 2.24) is 10.9 Å². The maximum atomic E-state index is 5.49. The summed E-state index contributed by atoms with van der Waals surface area (Å²) < 4.78 is 21.6. The lowest BCUT2D eigenvalue weighted by Gasteiger charge is -2.22. The molecule has 0 amide bonds. The van der Waals surface area contributed by atoms with Crippen LogP contribution in [-0.4, -0.2) is 35.0 Å². The molecule has 2 atom stereocenters. The zero-order chi connectivity index (χ0) is 17.8. The fourth-order valence-corrected chi connectivity index (χ4v) is 3.25. The Morgan fingerprint density at radius 1 is 0.800 bits per heavy atom. The zero-order valence-corrected chi connectivity index (χ0v) is 15.0. The van der Waals surface area contributed by atoms with Gasteiger partial charge in [-0.25, -0.2) is 5.43 Å². The topological polar surface area (TPSA) is 61.0 Å². The van der Waals surface area contributed by atoms with Crippen LogP contribution in [-0.2, 0) is 0 Å². The van der Waals surface area contributed by atoms with E-state index in [1.54, 1.807) is 28.4 Å². The number of rotatable bonds is 6. The molecule has 0 aliphatic carbocycles. The molecule has 0 radical (unpaired) electrons. The van der Waals surface area contributed by atoms with Gasteiger partial charge in [-0.3, -0.25) is 5.43 Å². The van der Waals surface area contributed by atoms with E-state index in [4.69, 9.17) is 18.9 Å². The summed E-state index contributed by atoms with van der Waals surface area (Å²) in [4.78, 5) is 0. The van der Waals surface area contributed by atoms with Gasteiger partial charge in [-0.05, 0) is 35.4 Å². The van der Waals surface area contributed by atoms with Crippen molar-refractivity contribution >= 4 is 0 Å². The van der Waals surface area contributed by atoms with Crippen LogP contribution in [0.5, 0.6) is 23.0 Å². The first-order valence-electron chi connectivity index (χ1n) is 8.14. The van der Waals surface area contributed by atoms with Crippen LogP contribution in [0.15, 0.2) is 36.4 Å². The standard InChI is InChI=1S/C19H24N2O4/c1-22-14-7-5-12(6-8-14)18-15(11-20-21-18)13-9-16(23-2)19(25-4)17(10-13)24-3/h5-10,15,18,20-21H,11H2,1-4H3. The van der Waals surface area contributed by atoms with E-state index in [2.05, 4.69) is 23.0 Å². The van der Waals surface area contributed by atoms with Crippen LogP contribution in [0.3, 0.4) is 0 Å². The van der Waals surface area contributed by atoms with Crippen LogP contribution in [0.2, 0.25) is 0 Å². The van der Waals surface area contributed by atoms with Crippen LogP contribution in [0.1, 0.15) is 23.1 Å². The van der Waals surface area contributed by atoms with Gasteiger partial charge >= 0.3 is 0 Å². The normalized spacial score (nSPS) is 19.5. The highest BCUT2D eigenvalue weighted by Gasteiger charge is 2.31. The van der Waals surface area contributed by atoms with Crippen LogP contribution in [0.25, 0.3) is 0 Å². The minimum atomic E-state index is 0.133. The molecule has 0 spiro atoms. The summed E-state index contributed by atoms with van der Waals surface area (Å²) in [5.74, 6) is 3.00. The van der Waals surface area contributed by atoms with E-state index in [0.717, 1.165) is 17.9 Å². The average Bonchev–Trinajstić information content (AvgIpc) is 3.16. The molecule has 3 rings (SSSR count). The maximum absolute atomic E-state index is 5.49. The molecule has 1 aliphatic rings. The first-order chi connectivity index (χ1) is 12.2.